The summed E-state index contributed by atoms with van der Waals surface area (Å²) in [6.45, 7) is 1.59. The van der Waals surface area contributed by atoms with Gasteiger partial charge in [-0.05, 0) is 23.6 Å². The highest BCUT2D eigenvalue weighted by Gasteiger charge is 2.73. The Labute approximate surface area is 151 Å². The Morgan fingerprint density at radius 2 is 1.73 bits per heavy atom. The van der Waals surface area contributed by atoms with E-state index in [9.17, 15) is 9.59 Å². The molecule has 4 unspecified atom stereocenters. The molecule has 1 aliphatic carbocycles. The maximum Gasteiger partial charge on any atom is 0.343 e. The van der Waals surface area contributed by atoms with Crippen molar-refractivity contribution in [3.63, 3.8) is 0 Å². The fraction of sp³-hybridized carbons (Fsp3) is 0.273. The van der Waals surface area contributed by atoms with Crippen molar-refractivity contribution in [3.8, 4) is 0 Å². The maximum absolute atomic E-state index is 12.9. The monoisotopic (exact) mass is 346 g/mol. The Balaban J connectivity index is 1.77. The van der Waals surface area contributed by atoms with Crippen LogP contribution in [-0.4, -0.2) is 18.9 Å². The largest absolute Gasteiger partial charge is 0.467 e. The highest BCUT2D eigenvalue weighted by atomic mass is 16.6. The molecule has 2 aliphatic heterocycles. The van der Waals surface area contributed by atoms with Gasteiger partial charge in [0, 0.05) is 23.0 Å². The van der Waals surface area contributed by atoms with Crippen LogP contribution >= 0.6 is 0 Å². The zero-order valence-electron chi connectivity index (χ0n) is 14.6. The van der Waals surface area contributed by atoms with Crippen molar-refractivity contribution in [1.29, 1.82) is 0 Å². The van der Waals surface area contributed by atoms with E-state index in [1.807, 2.05) is 54.6 Å². The molecule has 4 atom stereocenters. The molecule has 0 saturated carbocycles. The summed E-state index contributed by atoms with van der Waals surface area (Å²) in [5, 5.41) is 0. The molecule has 1 saturated heterocycles. The number of fused-ring (bicyclic) bond motifs is 8. The van der Waals surface area contributed by atoms with Crippen molar-refractivity contribution in [2.75, 3.05) is 7.11 Å². The molecule has 0 N–H and O–H groups in total. The minimum atomic E-state index is -1.16. The summed E-state index contributed by atoms with van der Waals surface area (Å²) >= 11 is 0. The van der Waals surface area contributed by atoms with E-state index >= 15 is 0 Å². The summed E-state index contributed by atoms with van der Waals surface area (Å²) < 4.78 is 11.5. The van der Waals surface area contributed by atoms with E-state index < -0.39 is 11.6 Å². The molecule has 0 spiro atoms. The summed E-state index contributed by atoms with van der Waals surface area (Å²) in [6.07, 6.45) is -0.276. The molecular formula is C22H18O4. The van der Waals surface area contributed by atoms with Crippen molar-refractivity contribution in [2.24, 2.45) is 11.8 Å². The lowest BCUT2D eigenvalue weighted by atomic mass is 9.53. The third kappa shape index (κ3) is 1.63. The van der Waals surface area contributed by atoms with Crippen LogP contribution < -0.4 is 0 Å². The number of rotatable bonds is 3. The number of methoxy groups -OCH3 is 1. The number of ether oxygens (including phenoxy) is 2. The molecule has 3 aliphatic rings. The molecule has 2 aromatic carbocycles. The Hall–Kier alpha value is -2.72. The van der Waals surface area contributed by atoms with E-state index in [1.165, 1.54) is 7.11 Å². The SMILES string of the molecule is COC(=O)C12OC(c3ccccc31)C1C(C(C)=O)=C(c3ccccc3)C12. The number of benzene rings is 2. The van der Waals surface area contributed by atoms with Gasteiger partial charge in [-0.2, -0.15) is 0 Å². The average molecular weight is 346 g/mol. The van der Waals surface area contributed by atoms with Gasteiger partial charge in [0.2, 0.25) is 0 Å². The van der Waals surface area contributed by atoms with Crippen LogP contribution in [-0.2, 0) is 24.7 Å². The van der Waals surface area contributed by atoms with Crippen molar-refractivity contribution < 1.29 is 19.1 Å². The number of carbonyl (C=O) groups is 2. The standard InChI is InChI=1S/C22H18O4/c1-12(23)16-17(13-8-4-3-5-9-13)19-18(16)20-14-10-6-7-11-15(14)22(19,26-20)21(24)25-2/h3-11,18-20H,1-2H3. The van der Waals surface area contributed by atoms with Gasteiger partial charge in [0.25, 0.3) is 0 Å². The predicted molar refractivity (Wildman–Crippen MR) is 95.0 cm³/mol. The van der Waals surface area contributed by atoms with E-state index in [0.717, 1.165) is 27.8 Å². The second kappa shape index (κ2) is 5.15. The molecule has 0 radical (unpaired) electrons. The van der Waals surface area contributed by atoms with Crippen LogP contribution in [0.15, 0.2) is 60.2 Å². The number of hydrogen-bond donors (Lipinski definition) is 0. The Morgan fingerprint density at radius 3 is 2.42 bits per heavy atom. The lowest BCUT2D eigenvalue weighted by Crippen LogP contribution is -2.49. The zero-order valence-corrected chi connectivity index (χ0v) is 14.6. The number of ketones is 1. The van der Waals surface area contributed by atoms with Crippen LogP contribution in [0.3, 0.4) is 0 Å². The van der Waals surface area contributed by atoms with Gasteiger partial charge >= 0.3 is 5.97 Å². The molecule has 26 heavy (non-hydrogen) atoms. The maximum atomic E-state index is 12.9. The van der Waals surface area contributed by atoms with Crippen molar-refractivity contribution >= 4 is 17.3 Å². The summed E-state index contributed by atoms with van der Waals surface area (Å²) in [4.78, 5) is 25.4. The summed E-state index contributed by atoms with van der Waals surface area (Å²) in [5.41, 5.74) is 3.37. The molecule has 4 heteroatoms. The minimum absolute atomic E-state index is 0.0405. The van der Waals surface area contributed by atoms with E-state index in [0.29, 0.717) is 0 Å². The second-order valence-electron chi connectivity index (χ2n) is 7.11. The minimum Gasteiger partial charge on any atom is -0.467 e. The molecule has 2 heterocycles. The zero-order chi connectivity index (χ0) is 18.1. The molecule has 0 amide bonds. The number of hydrogen-bond acceptors (Lipinski definition) is 4. The third-order valence-electron chi connectivity index (χ3n) is 5.99. The van der Waals surface area contributed by atoms with Crippen LogP contribution in [0.1, 0.15) is 29.7 Å². The number of esters is 1. The Kier molecular flexibility index (Phi) is 3.07. The molecule has 4 nitrogen and oxygen atoms in total. The van der Waals surface area contributed by atoms with E-state index in [-0.39, 0.29) is 23.7 Å². The van der Waals surface area contributed by atoms with Crippen LogP contribution in [0.2, 0.25) is 0 Å². The number of carbonyl (C=O) groups excluding carboxylic acids is 2. The average Bonchev–Trinajstić information content (AvgIpc) is 3.11. The lowest BCUT2D eigenvalue weighted by molar-refractivity contribution is -0.168. The van der Waals surface area contributed by atoms with Gasteiger partial charge < -0.3 is 9.47 Å². The fourth-order valence-corrected chi connectivity index (χ4v) is 5.11. The highest BCUT2D eigenvalue weighted by Crippen LogP contribution is 2.71. The smallest absolute Gasteiger partial charge is 0.343 e. The molecule has 0 aromatic heterocycles. The fourth-order valence-electron chi connectivity index (χ4n) is 5.11. The number of Topliss-reactive ketones (excluding diaryl/α,β-unsaturated/α-hetero) is 1. The second-order valence-corrected chi connectivity index (χ2v) is 7.11. The van der Waals surface area contributed by atoms with Crippen LogP contribution in [0.4, 0.5) is 0 Å². The van der Waals surface area contributed by atoms with E-state index in [4.69, 9.17) is 9.47 Å². The first-order valence-corrected chi connectivity index (χ1v) is 8.77. The first kappa shape index (κ1) is 15.5. The molecular weight excluding hydrogens is 328 g/mol. The van der Waals surface area contributed by atoms with Gasteiger partial charge in [-0.25, -0.2) is 4.79 Å². The van der Waals surface area contributed by atoms with Gasteiger partial charge in [-0.3, -0.25) is 4.79 Å². The summed E-state index contributed by atoms with van der Waals surface area (Å²) in [6, 6.07) is 17.6. The molecule has 130 valence electrons. The van der Waals surface area contributed by atoms with Crippen molar-refractivity contribution in [3.05, 3.63) is 76.9 Å². The molecule has 2 bridgehead atoms. The van der Waals surface area contributed by atoms with Crippen molar-refractivity contribution in [2.45, 2.75) is 18.6 Å². The van der Waals surface area contributed by atoms with Gasteiger partial charge in [-0.15, -0.1) is 0 Å². The quantitative estimate of drug-likeness (QED) is 0.799. The normalized spacial score (nSPS) is 30.5. The Morgan fingerprint density at radius 1 is 1.04 bits per heavy atom. The van der Waals surface area contributed by atoms with E-state index in [2.05, 4.69) is 0 Å². The van der Waals surface area contributed by atoms with Gasteiger partial charge in [0.15, 0.2) is 11.4 Å². The Bertz CT molecular complexity index is 975. The van der Waals surface area contributed by atoms with Crippen molar-refractivity contribution in [1.82, 2.24) is 0 Å². The first-order valence-electron chi connectivity index (χ1n) is 8.77. The summed E-state index contributed by atoms with van der Waals surface area (Å²) in [5.74, 6) is -0.650. The molecule has 2 aromatic rings. The summed E-state index contributed by atoms with van der Waals surface area (Å²) in [7, 11) is 1.39. The first-order chi connectivity index (χ1) is 12.6. The van der Waals surface area contributed by atoms with Gasteiger partial charge in [0.1, 0.15) is 0 Å². The van der Waals surface area contributed by atoms with Crippen LogP contribution in [0.25, 0.3) is 5.57 Å². The third-order valence-corrected chi connectivity index (χ3v) is 5.99. The van der Waals surface area contributed by atoms with Gasteiger partial charge in [-0.1, -0.05) is 54.6 Å². The molecule has 1 fully saturated rings. The van der Waals surface area contributed by atoms with Crippen LogP contribution in [0.5, 0.6) is 0 Å². The lowest BCUT2D eigenvalue weighted by Gasteiger charge is -2.45. The highest BCUT2D eigenvalue weighted by molar-refractivity contribution is 6.08. The van der Waals surface area contributed by atoms with Crippen LogP contribution in [0, 0.1) is 11.8 Å². The predicted octanol–water partition coefficient (Wildman–Crippen LogP) is 3.43. The molecule has 5 rings (SSSR count). The van der Waals surface area contributed by atoms with E-state index in [1.54, 1.807) is 6.92 Å². The topological polar surface area (TPSA) is 52.6 Å². The van der Waals surface area contributed by atoms with Gasteiger partial charge in [0.05, 0.1) is 13.2 Å².